The highest BCUT2D eigenvalue weighted by Gasteiger charge is 2.50. The fourth-order valence-electron chi connectivity index (χ4n) is 11.2. The number of aromatic nitrogens is 2. The third-order valence-corrected chi connectivity index (χ3v) is 17.2. The van der Waals surface area contributed by atoms with Gasteiger partial charge in [-0.05, 0) is 144 Å². The molecule has 4 unspecified atom stereocenters. The number of carbonyl (C=O) groups is 6. The Labute approximate surface area is 526 Å². The summed E-state index contributed by atoms with van der Waals surface area (Å²) in [6.45, 7) is 0.670. The molecule has 3 aromatic rings. The largest absolute Gasteiger partial charge is 0.529 e. The van der Waals surface area contributed by atoms with Crippen molar-refractivity contribution in [2.75, 3.05) is 100 Å². The first kappa shape index (κ1) is 71.9. The molecule has 3 aliphatic heterocycles. The summed E-state index contributed by atoms with van der Waals surface area (Å²) in [7, 11) is 10.1. The number of H-pyrrole nitrogens is 1. The summed E-state index contributed by atoms with van der Waals surface area (Å²) in [6.07, 6.45) is 11.4. The first-order valence-corrected chi connectivity index (χ1v) is 33.2. The number of aromatic amines is 1. The van der Waals surface area contributed by atoms with Gasteiger partial charge >= 0.3 is 12.9 Å². The number of benzene rings is 1. The summed E-state index contributed by atoms with van der Waals surface area (Å²) in [5.41, 5.74) is 4.22. The lowest BCUT2D eigenvalue weighted by Crippen LogP contribution is -2.56. The molecule has 0 saturated carbocycles. The molecule has 2 fully saturated rings. The van der Waals surface area contributed by atoms with Gasteiger partial charge in [-0.2, -0.15) is 8.42 Å². The van der Waals surface area contributed by atoms with Gasteiger partial charge in [-0.25, -0.2) is 10.1 Å². The molecule has 5 heterocycles. The van der Waals surface area contributed by atoms with Crippen molar-refractivity contribution in [2.45, 2.75) is 128 Å². The maximum atomic E-state index is 17.6. The Morgan fingerprint density at radius 3 is 2.25 bits per heavy atom. The lowest BCUT2D eigenvalue weighted by molar-refractivity contribution is -0.870. The Morgan fingerprint density at radius 1 is 0.876 bits per heavy atom. The van der Waals surface area contributed by atoms with Gasteiger partial charge in [-0.3, -0.25) is 28.5 Å². The molecule has 89 heavy (non-hydrogen) atoms. The summed E-state index contributed by atoms with van der Waals surface area (Å²) in [5.74, 6) is -3.83. The Balaban J connectivity index is 1.02. The standard InChI is InChI=1S/C60H91BF2N10O14S2/c1-43-22-29-49(65-43)54-40-46(17-14-36-73(6,7)8)53-41-52-45(18-16-38-89(81,82)83)39-47(69(52)61(62,63)70(53)54)26-23-44-24-27-48(28-25-44)84-37-15-20-55(74)66-51(42-88-87-86-80)60(79)67-50(19-11-13-35-72(3,4)5)59(78)64-32-34-68(2)33-12-9-10-21-58(77)85-71-56(75)30-31-57(71)76/h22-29,40-41,45,47,50-51,65H,9-21,30-39,42H2,1-8H3,(H4-,64,66,67,74,78,79,80,81,82,83)/p+1/b26-23+. The number of carbonyl (C=O) groups excluding carboxylic acids is 6. The van der Waals surface area contributed by atoms with Crippen LogP contribution in [-0.2, 0) is 59.5 Å². The van der Waals surface area contributed by atoms with Crippen LogP contribution in [0, 0.1) is 12.8 Å². The number of amides is 5. The third kappa shape index (κ3) is 22.9. The summed E-state index contributed by atoms with van der Waals surface area (Å²) >= 11 is 0.572. The molecule has 24 nitrogen and oxygen atoms in total. The first-order valence-electron chi connectivity index (χ1n) is 30.6. The fraction of sp³-hybridized carbons (Fsp3) is 0.600. The molecule has 5 amide bonds. The van der Waals surface area contributed by atoms with Crippen molar-refractivity contribution in [1.82, 2.24) is 40.2 Å². The van der Waals surface area contributed by atoms with Gasteiger partial charge in [0.25, 0.3) is 21.9 Å². The number of fused-ring (bicyclic) bond motifs is 2. The van der Waals surface area contributed by atoms with Crippen LogP contribution in [-0.4, -0.2) is 212 Å². The van der Waals surface area contributed by atoms with Gasteiger partial charge in [0.15, 0.2) is 0 Å². The SMILES string of the molecule is Cc1ccc(-c2cc(CCC[N+](C)(C)C)c3n2[B-](F)(F)N2C(=C3)C(CCCS(=O)(=O)O)CC2/C=C/c2ccc(OCCCC(=O)NC(CSOOO)C(=O)NC(CCCC[N+](C)(C)C)C(=O)NCCN(C)CCCCCC(=O)ON3C(=O)CCC3=O)cc2)[nH]1. The maximum absolute atomic E-state index is 17.6. The van der Waals surface area contributed by atoms with Gasteiger partial charge in [0.1, 0.15) is 17.8 Å². The number of hydrogen-bond donors (Lipinski definition) is 6. The molecule has 2 saturated heterocycles. The van der Waals surface area contributed by atoms with Crippen LogP contribution in [0.15, 0.2) is 54.2 Å². The highest BCUT2D eigenvalue weighted by Crippen LogP contribution is 2.48. The van der Waals surface area contributed by atoms with E-state index in [2.05, 4.69) is 72.6 Å². The van der Waals surface area contributed by atoms with Gasteiger partial charge in [-0.15, -0.1) is 9.40 Å². The molecule has 494 valence electrons. The number of allylic oxidation sites excluding steroid dienone is 1. The van der Waals surface area contributed by atoms with E-state index < -0.39 is 82.4 Å². The van der Waals surface area contributed by atoms with Crippen molar-refractivity contribution >= 4 is 76.8 Å². The molecule has 4 atom stereocenters. The number of aryl methyl sites for hydroxylation is 2. The van der Waals surface area contributed by atoms with Crippen LogP contribution < -0.4 is 20.7 Å². The topological polar surface area (TPSA) is 280 Å². The summed E-state index contributed by atoms with van der Waals surface area (Å²) in [6, 6.07) is 9.64. The van der Waals surface area contributed by atoms with Crippen LogP contribution >= 0.6 is 12.0 Å². The van der Waals surface area contributed by atoms with E-state index in [0.717, 1.165) is 48.1 Å². The number of hydrogen-bond acceptors (Lipinski definition) is 16. The molecular weight excluding hydrogens is 1200 g/mol. The minimum Gasteiger partial charge on any atom is -0.494 e. The fourth-order valence-corrected chi connectivity index (χ4v) is 12.2. The van der Waals surface area contributed by atoms with E-state index in [-0.39, 0.29) is 63.9 Å². The van der Waals surface area contributed by atoms with Crippen LogP contribution in [0.5, 0.6) is 5.75 Å². The van der Waals surface area contributed by atoms with E-state index >= 15 is 8.63 Å². The number of nitrogens with one attached hydrogen (secondary N) is 4. The summed E-state index contributed by atoms with van der Waals surface area (Å²) < 4.78 is 81.4. The number of halogens is 2. The number of ether oxygens (including phenoxy) is 1. The Bertz CT molecular complexity index is 3040. The molecule has 0 bridgehead atoms. The lowest BCUT2D eigenvalue weighted by atomic mass is 9.86. The molecule has 1 aromatic carbocycles. The number of unbranched alkanes of at least 4 members (excludes halogenated alkanes) is 3. The zero-order valence-electron chi connectivity index (χ0n) is 52.7. The molecule has 3 aliphatic rings. The Hall–Kier alpha value is -6.18. The van der Waals surface area contributed by atoms with Gasteiger partial charge in [-0.1, -0.05) is 35.7 Å². The van der Waals surface area contributed by atoms with Crippen molar-refractivity contribution in [1.29, 1.82) is 0 Å². The number of imide groups is 1. The molecule has 6 rings (SSSR count). The normalized spacial score (nSPS) is 17.4. The third-order valence-electron chi connectivity index (χ3n) is 15.8. The van der Waals surface area contributed by atoms with Gasteiger partial charge in [0.05, 0.1) is 79.2 Å². The molecule has 6 N–H and O–H groups in total. The zero-order valence-corrected chi connectivity index (χ0v) is 54.3. The highest BCUT2D eigenvalue weighted by atomic mass is 32.2. The number of rotatable bonds is 39. The van der Waals surface area contributed by atoms with Gasteiger partial charge in [0.2, 0.25) is 17.7 Å². The van der Waals surface area contributed by atoms with Crippen LogP contribution in [0.3, 0.4) is 0 Å². The van der Waals surface area contributed by atoms with E-state index in [0.29, 0.717) is 107 Å². The molecule has 0 spiro atoms. The van der Waals surface area contributed by atoms with Crippen LogP contribution in [0.25, 0.3) is 23.5 Å². The van der Waals surface area contributed by atoms with Crippen LogP contribution in [0.2, 0.25) is 0 Å². The van der Waals surface area contributed by atoms with E-state index in [1.807, 2.05) is 43.1 Å². The van der Waals surface area contributed by atoms with Crippen LogP contribution in [0.1, 0.15) is 119 Å². The van der Waals surface area contributed by atoms with Gasteiger partial charge in [0, 0.05) is 80.4 Å². The van der Waals surface area contributed by atoms with E-state index in [1.54, 1.807) is 36.4 Å². The maximum Gasteiger partial charge on any atom is 0.529 e. The van der Waals surface area contributed by atoms with E-state index in [9.17, 15) is 41.7 Å². The molecule has 0 aliphatic carbocycles. The predicted molar refractivity (Wildman–Crippen MR) is 335 cm³/mol. The zero-order chi connectivity index (χ0) is 65.1. The molecule has 2 aromatic heterocycles. The van der Waals surface area contributed by atoms with Crippen LogP contribution in [0.4, 0.5) is 8.63 Å². The number of hydroxylamine groups is 2. The van der Waals surface area contributed by atoms with E-state index in [4.69, 9.17) is 14.8 Å². The predicted octanol–water partition coefficient (Wildman–Crippen LogP) is 6.37. The Morgan fingerprint density at radius 2 is 1.58 bits per heavy atom. The van der Waals surface area contributed by atoms with Crippen molar-refractivity contribution in [2.24, 2.45) is 5.92 Å². The second-order valence-electron chi connectivity index (χ2n) is 25.4. The monoisotopic (exact) mass is 1290 g/mol. The second kappa shape index (κ2) is 33.2. The number of likely N-dealkylation sites (N-methyl/N-ethyl adjacent to an activating group) is 1. The van der Waals surface area contributed by atoms with Crippen molar-refractivity contribution in [3.63, 3.8) is 0 Å². The first-order chi connectivity index (χ1) is 42.0. The number of quaternary nitrogens is 2. The summed E-state index contributed by atoms with van der Waals surface area (Å²) in [4.78, 5) is 87.8. The highest BCUT2D eigenvalue weighted by molar-refractivity contribution is 7.94. The quantitative estimate of drug-likeness (QED) is 0.00529. The van der Waals surface area contributed by atoms with Crippen molar-refractivity contribution in [3.8, 4) is 17.1 Å². The Kier molecular flexibility index (Phi) is 26.8. The minimum absolute atomic E-state index is 0.0261. The molecule has 29 heteroatoms. The van der Waals surface area contributed by atoms with Crippen molar-refractivity contribution in [3.05, 3.63) is 76.8 Å². The average molecular weight is 1290 g/mol. The lowest BCUT2D eigenvalue weighted by Gasteiger charge is -2.47. The minimum atomic E-state index is -4.42. The second-order valence-corrected chi connectivity index (χ2v) is 27.7. The molecule has 0 radical (unpaired) electrons. The molecular formula is C60H92BF2N10O14S2+. The van der Waals surface area contributed by atoms with E-state index in [1.165, 1.54) is 9.29 Å². The smallest absolute Gasteiger partial charge is 0.494 e. The van der Waals surface area contributed by atoms with Gasteiger partial charge < -0.3 is 62.3 Å². The number of nitrogens with zero attached hydrogens (tertiary/aromatic N) is 6. The summed E-state index contributed by atoms with van der Waals surface area (Å²) in [5, 5.41) is 21.5. The average Bonchev–Trinajstić information content (AvgIpc) is 1.60. The van der Waals surface area contributed by atoms with Crippen molar-refractivity contribution < 1.29 is 83.5 Å².